The summed E-state index contributed by atoms with van der Waals surface area (Å²) in [7, 11) is 12.5. The molecule has 0 spiro atoms. The van der Waals surface area contributed by atoms with Crippen LogP contribution in [0.2, 0.25) is 0 Å². The van der Waals surface area contributed by atoms with Crippen molar-refractivity contribution < 1.29 is 23.3 Å². The molecule has 0 atom stereocenters. The van der Waals surface area contributed by atoms with Crippen molar-refractivity contribution in [2.45, 2.75) is 0 Å². The molecule has 0 aliphatic carbocycles. The van der Waals surface area contributed by atoms with Crippen molar-refractivity contribution in [2.75, 3.05) is 56.4 Å². The highest BCUT2D eigenvalue weighted by Gasteiger charge is 1.92. The second kappa shape index (κ2) is 8.55. The summed E-state index contributed by atoms with van der Waals surface area (Å²) in [4.78, 5) is 20.6. The standard InChI is InChI=1S/C6H7O3P.2C4H12N/c7-10(8,9)6-4-2-1-3-5-6;2*1-5(2,3)4/h1-5H,(H2,7,8,9);2*1-4H3/q;2*+1/p-2. The lowest BCUT2D eigenvalue weighted by Gasteiger charge is -2.29. The molecule has 0 unspecified atom stereocenters. The van der Waals surface area contributed by atoms with E-state index in [1.165, 1.54) is 24.3 Å². The van der Waals surface area contributed by atoms with Crippen molar-refractivity contribution in [2.24, 2.45) is 0 Å². The van der Waals surface area contributed by atoms with E-state index in [4.69, 9.17) is 0 Å². The van der Waals surface area contributed by atoms with E-state index in [-0.39, 0.29) is 5.30 Å². The number of hydrogen-bond acceptors (Lipinski definition) is 3. The molecule has 0 amide bonds. The zero-order chi connectivity index (χ0) is 16.6. The lowest BCUT2D eigenvalue weighted by molar-refractivity contribution is -0.849. The zero-order valence-corrected chi connectivity index (χ0v) is 14.8. The molecule has 0 aliphatic heterocycles. The van der Waals surface area contributed by atoms with Crippen molar-refractivity contribution in [1.29, 1.82) is 0 Å². The summed E-state index contributed by atoms with van der Waals surface area (Å²) in [5.74, 6) is 0. The second-order valence-electron chi connectivity index (χ2n) is 7.20. The molecule has 1 rings (SSSR count). The van der Waals surface area contributed by atoms with Crippen LogP contribution >= 0.6 is 7.60 Å². The molecule has 0 bridgehead atoms. The van der Waals surface area contributed by atoms with Gasteiger partial charge in [-0.1, -0.05) is 30.3 Å². The number of nitrogens with zero attached hydrogens (tertiary/aromatic N) is 2. The van der Waals surface area contributed by atoms with Crippen LogP contribution in [-0.4, -0.2) is 65.3 Å². The fourth-order valence-electron chi connectivity index (χ4n) is 0.611. The van der Waals surface area contributed by atoms with Crippen LogP contribution in [0.4, 0.5) is 0 Å². The van der Waals surface area contributed by atoms with E-state index < -0.39 is 7.60 Å². The van der Waals surface area contributed by atoms with E-state index in [2.05, 4.69) is 56.4 Å². The first-order chi connectivity index (χ1) is 8.61. The molecule has 1 aromatic carbocycles. The SMILES string of the molecule is C[N+](C)(C)C.C[N+](C)(C)C.O=P([O-])([O-])c1ccccc1. The third kappa shape index (κ3) is 26.0. The topological polar surface area (TPSA) is 63.2 Å². The molecule has 0 radical (unpaired) electrons. The lowest BCUT2D eigenvalue weighted by Crippen LogP contribution is -2.27. The second-order valence-corrected chi connectivity index (χ2v) is 8.71. The Morgan fingerprint density at radius 2 is 1.00 bits per heavy atom. The van der Waals surface area contributed by atoms with Crippen LogP contribution in [0.25, 0.3) is 0 Å². The van der Waals surface area contributed by atoms with E-state index in [1.54, 1.807) is 6.07 Å². The summed E-state index contributed by atoms with van der Waals surface area (Å²) in [6.07, 6.45) is 0. The average Bonchev–Trinajstić information content (AvgIpc) is 2.12. The van der Waals surface area contributed by atoms with E-state index in [0.29, 0.717) is 0 Å². The molecule has 0 N–H and O–H groups in total. The maximum atomic E-state index is 10.3. The van der Waals surface area contributed by atoms with Crippen LogP contribution in [0.1, 0.15) is 0 Å². The minimum absolute atomic E-state index is 0.157. The largest absolute Gasteiger partial charge is 0.807 e. The van der Waals surface area contributed by atoms with Gasteiger partial charge in [-0.15, -0.1) is 0 Å². The first kappa shape index (κ1) is 21.6. The van der Waals surface area contributed by atoms with Gasteiger partial charge in [-0.25, -0.2) is 0 Å². The van der Waals surface area contributed by atoms with Gasteiger partial charge < -0.3 is 23.3 Å². The Labute approximate surface area is 123 Å². The van der Waals surface area contributed by atoms with Crippen molar-refractivity contribution in [3.05, 3.63) is 30.3 Å². The van der Waals surface area contributed by atoms with E-state index in [1.807, 2.05) is 0 Å². The van der Waals surface area contributed by atoms with Gasteiger partial charge in [0.05, 0.1) is 56.4 Å². The van der Waals surface area contributed by atoms with E-state index >= 15 is 0 Å². The molecule has 0 fully saturated rings. The van der Waals surface area contributed by atoms with Crippen molar-refractivity contribution in [3.63, 3.8) is 0 Å². The van der Waals surface area contributed by atoms with Crippen LogP contribution in [0.3, 0.4) is 0 Å². The smallest absolute Gasteiger partial charge is 0.0675 e. The zero-order valence-electron chi connectivity index (χ0n) is 14.0. The van der Waals surface area contributed by atoms with Gasteiger partial charge >= 0.3 is 0 Å². The minimum atomic E-state index is -4.52. The maximum Gasteiger partial charge on any atom is 0.0675 e. The predicted molar refractivity (Wildman–Crippen MR) is 81.6 cm³/mol. The summed E-state index contributed by atoms with van der Waals surface area (Å²) < 4.78 is 12.3. The van der Waals surface area contributed by atoms with Crippen LogP contribution in [0.15, 0.2) is 30.3 Å². The molecule has 0 saturated carbocycles. The minimum Gasteiger partial charge on any atom is -0.807 e. The third-order valence-corrected chi connectivity index (χ3v) is 2.00. The van der Waals surface area contributed by atoms with Crippen molar-refractivity contribution in [3.8, 4) is 0 Å². The van der Waals surface area contributed by atoms with Crippen LogP contribution < -0.4 is 15.1 Å². The molecular weight excluding hydrogens is 275 g/mol. The lowest BCUT2D eigenvalue weighted by atomic mass is 10.4. The number of rotatable bonds is 1. The van der Waals surface area contributed by atoms with Crippen LogP contribution in [0, 0.1) is 0 Å². The van der Waals surface area contributed by atoms with Crippen LogP contribution in [0.5, 0.6) is 0 Å². The fourth-order valence-corrected chi connectivity index (χ4v) is 1.15. The van der Waals surface area contributed by atoms with Gasteiger partial charge in [0, 0.05) is 0 Å². The van der Waals surface area contributed by atoms with Crippen LogP contribution in [-0.2, 0) is 4.57 Å². The van der Waals surface area contributed by atoms with Crippen molar-refractivity contribution in [1.82, 2.24) is 0 Å². The molecule has 0 aliphatic rings. The Kier molecular flexibility index (Phi) is 9.23. The molecular formula is C14H29N2O3P. The summed E-state index contributed by atoms with van der Waals surface area (Å²) in [5.41, 5.74) is 0. The number of benzene rings is 1. The molecule has 20 heavy (non-hydrogen) atoms. The predicted octanol–water partition coefficient (Wildman–Crippen LogP) is -0.130. The fraction of sp³-hybridized carbons (Fsp3) is 0.571. The highest BCUT2D eigenvalue weighted by atomic mass is 31.2. The Bertz CT molecular complexity index is 379. The quantitative estimate of drug-likeness (QED) is 0.536. The number of hydrogen-bond donors (Lipinski definition) is 0. The third-order valence-electron chi connectivity index (χ3n) is 1.07. The Morgan fingerprint density at radius 3 is 1.15 bits per heavy atom. The van der Waals surface area contributed by atoms with Gasteiger partial charge in [-0.3, -0.25) is 0 Å². The summed E-state index contributed by atoms with van der Waals surface area (Å²) in [5, 5.41) is -0.157. The number of quaternary nitrogens is 2. The summed E-state index contributed by atoms with van der Waals surface area (Å²) >= 11 is 0. The first-order valence-electron chi connectivity index (χ1n) is 6.26. The molecule has 118 valence electrons. The molecule has 0 aromatic heterocycles. The van der Waals surface area contributed by atoms with Gasteiger partial charge in [-0.05, 0) is 12.9 Å². The highest BCUT2D eigenvalue weighted by molar-refractivity contribution is 7.57. The Morgan fingerprint density at radius 1 is 0.750 bits per heavy atom. The van der Waals surface area contributed by atoms with Gasteiger partial charge in [0.25, 0.3) is 0 Å². The Hall–Kier alpha value is -0.710. The summed E-state index contributed by atoms with van der Waals surface area (Å²) in [6, 6.07) is 7.23. The van der Waals surface area contributed by atoms with Gasteiger partial charge in [0.1, 0.15) is 0 Å². The average molecular weight is 304 g/mol. The van der Waals surface area contributed by atoms with Gasteiger partial charge in [0.2, 0.25) is 0 Å². The summed E-state index contributed by atoms with van der Waals surface area (Å²) in [6.45, 7) is 0. The van der Waals surface area contributed by atoms with Crippen molar-refractivity contribution >= 4 is 12.9 Å². The first-order valence-corrected chi connectivity index (χ1v) is 7.80. The molecule has 6 heteroatoms. The molecule has 0 saturated heterocycles. The van der Waals surface area contributed by atoms with Gasteiger partial charge in [0.15, 0.2) is 0 Å². The Balaban J connectivity index is 0. The maximum absolute atomic E-state index is 10.3. The molecule has 0 heterocycles. The normalized spacial score (nSPS) is 11.7. The van der Waals surface area contributed by atoms with Gasteiger partial charge in [-0.2, -0.15) is 0 Å². The van der Waals surface area contributed by atoms with E-state index in [9.17, 15) is 14.4 Å². The highest BCUT2D eigenvalue weighted by Crippen LogP contribution is 2.20. The van der Waals surface area contributed by atoms with E-state index in [0.717, 1.165) is 8.97 Å². The monoisotopic (exact) mass is 304 g/mol. The molecule has 1 aromatic rings. The molecule has 5 nitrogen and oxygen atoms in total.